The number of nitro groups is 1. The van der Waals surface area contributed by atoms with Crippen LogP contribution in [0.5, 0.6) is 5.75 Å². The Kier molecular flexibility index (Phi) is 5.76. The van der Waals surface area contributed by atoms with Crippen LogP contribution in [0.4, 0.5) is 33.3 Å². The largest absolute Gasteiger partial charge is 0.490 e. The quantitative estimate of drug-likeness (QED) is 0.244. The van der Waals surface area contributed by atoms with Crippen LogP contribution in [0.15, 0.2) is 18.2 Å². The predicted molar refractivity (Wildman–Crippen MR) is 94.0 cm³/mol. The van der Waals surface area contributed by atoms with E-state index in [9.17, 15) is 36.9 Å². The highest BCUT2D eigenvalue weighted by Gasteiger charge is 2.32. The highest BCUT2D eigenvalue weighted by Crippen LogP contribution is 2.31. The average molecular weight is 431 g/mol. The maximum Gasteiger partial charge on any atom is 0.311 e. The number of carbonyl (C=O) groups is 1. The van der Waals surface area contributed by atoms with Crippen LogP contribution in [0, 0.1) is 39.2 Å². The molecule has 0 bridgehead atoms. The third kappa shape index (κ3) is 3.60. The number of piperazine rings is 1. The van der Waals surface area contributed by atoms with Crippen LogP contribution in [0.2, 0.25) is 0 Å². The summed E-state index contributed by atoms with van der Waals surface area (Å²) in [5, 5.41) is 11.1. The van der Waals surface area contributed by atoms with Gasteiger partial charge >= 0.3 is 5.69 Å². The number of ether oxygens (including phenoxy) is 1. The molecule has 0 unspecified atom stereocenters. The zero-order valence-electron chi connectivity index (χ0n) is 15.4. The Morgan fingerprint density at radius 1 is 0.967 bits per heavy atom. The number of halogens is 5. The molecule has 0 atom stereocenters. The molecule has 0 spiro atoms. The second kappa shape index (κ2) is 8.13. The second-order valence-electron chi connectivity index (χ2n) is 6.34. The van der Waals surface area contributed by atoms with E-state index in [2.05, 4.69) is 0 Å². The summed E-state index contributed by atoms with van der Waals surface area (Å²) in [5.74, 6) is -10.9. The Morgan fingerprint density at radius 3 is 2.00 bits per heavy atom. The van der Waals surface area contributed by atoms with Gasteiger partial charge in [-0.2, -0.15) is 0 Å². The summed E-state index contributed by atoms with van der Waals surface area (Å²) < 4.78 is 72.9. The molecular weight excluding hydrogens is 417 g/mol. The maximum atomic E-state index is 14.0. The summed E-state index contributed by atoms with van der Waals surface area (Å²) in [5.41, 5.74) is -1.48. The molecule has 30 heavy (non-hydrogen) atoms. The molecule has 0 radical (unpaired) electrons. The van der Waals surface area contributed by atoms with Crippen molar-refractivity contribution < 1.29 is 36.4 Å². The summed E-state index contributed by atoms with van der Waals surface area (Å²) in [7, 11) is 1.24. The van der Waals surface area contributed by atoms with E-state index in [1.807, 2.05) is 0 Å². The topological polar surface area (TPSA) is 75.9 Å². The molecular formula is C18H14F5N3O4. The van der Waals surface area contributed by atoms with Crippen molar-refractivity contribution in [3.8, 4) is 5.75 Å². The van der Waals surface area contributed by atoms with E-state index < -0.39 is 51.3 Å². The van der Waals surface area contributed by atoms with Gasteiger partial charge in [-0.3, -0.25) is 14.9 Å². The summed E-state index contributed by atoms with van der Waals surface area (Å²) >= 11 is 0. The van der Waals surface area contributed by atoms with Gasteiger partial charge in [-0.15, -0.1) is 0 Å². The van der Waals surface area contributed by atoms with Crippen LogP contribution in [-0.4, -0.2) is 49.0 Å². The minimum absolute atomic E-state index is 0.00724. The Bertz CT molecular complexity index is 996. The normalized spacial score (nSPS) is 14.1. The van der Waals surface area contributed by atoms with Crippen molar-refractivity contribution in [3.63, 3.8) is 0 Å². The fourth-order valence-corrected chi connectivity index (χ4v) is 3.15. The predicted octanol–water partition coefficient (Wildman–Crippen LogP) is 3.26. The minimum Gasteiger partial charge on any atom is -0.490 e. The lowest BCUT2D eigenvalue weighted by molar-refractivity contribution is -0.385. The van der Waals surface area contributed by atoms with Crippen LogP contribution in [0.25, 0.3) is 0 Å². The molecule has 2 aromatic rings. The average Bonchev–Trinajstić information content (AvgIpc) is 2.76. The van der Waals surface area contributed by atoms with Crippen molar-refractivity contribution in [1.29, 1.82) is 0 Å². The highest BCUT2D eigenvalue weighted by atomic mass is 19.2. The van der Waals surface area contributed by atoms with Crippen molar-refractivity contribution in [2.75, 3.05) is 38.2 Å². The van der Waals surface area contributed by atoms with Crippen LogP contribution in [0.3, 0.4) is 0 Å². The molecule has 1 saturated heterocycles. The number of anilines is 1. The standard InChI is InChI=1S/C18H14F5N3O4/c1-30-11-3-2-9(8-10(11)26(28)29)18(27)25-6-4-24(5-7-25)17-15(22)13(20)12(19)14(21)16(17)23/h2-3,8H,4-7H2,1H3. The summed E-state index contributed by atoms with van der Waals surface area (Å²) in [6, 6.07) is 3.62. The lowest BCUT2D eigenvalue weighted by Gasteiger charge is -2.36. The van der Waals surface area contributed by atoms with Crippen LogP contribution < -0.4 is 9.64 Å². The van der Waals surface area contributed by atoms with Crippen molar-refractivity contribution >= 4 is 17.3 Å². The Balaban J connectivity index is 1.79. The molecule has 1 aliphatic heterocycles. The number of hydrogen-bond acceptors (Lipinski definition) is 5. The number of hydrogen-bond donors (Lipinski definition) is 0. The molecule has 3 rings (SSSR count). The molecule has 1 fully saturated rings. The first kappa shape index (κ1) is 21.3. The summed E-state index contributed by atoms with van der Waals surface area (Å²) in [4.78, 5) is 25.2. The van der Waals surface area contributed by atoms with Gasteiger partial charge in [-0.25, -0.2) is 22.0 Å². The molecule has 0 saturated carbocycles. The van der Waals surface area contributed by atoms with Gasteiger partial charge < -0.3 is 14.5 Å². The number of methoxy groups -OCH3 is 1. The smallest absolute Gasteiger partial charge is 0.311 e. The van der Waals surface area contributed by atoms with Crippen molar-refractivity contribution in [3.05, 3.63) is 63.0 Å². The zero-order valence-corrected chi connectivity index (χ0v) is 15.4. The van der Waals surface area contributed by atoms with E-state index in [0.717, 1.165) is 11.0 Å². The molecule has 12 heteroatoms. The monoisotopic (exact) mass is 431 g/mol. The van der Waals surface area contributed by atoms with Crippen LogP contribution in [-0.2, 0) is 0 Å². The van der Waals surface area contributed by atoms with Crippen molar-refractivity contribution in [2.24, 2.45) is 0 Å². The summed E-state index contributed by atoms with van der Waals surface area (Å²) in [6.07, 6.45) is 0. The van der Waals surface area contributed by atoms with Crippen LogP contribution >= 0.6 is 0 Å². The van der Waals surface area contributed by atoms with E-state index in [4.69, 9.17) is 4.74 Å². The molecule has 0 aromatic heterocycles. The third-order valence-corrected chi connectivity index (χ3v) is 4.69. The number of nitro benzene ring substituents is 1. The first-order chi connectivity index (χ1) is 14.2. The Labute approximate surface area is 166 Å². The second-order valence-corrected chi connectivity index (χ2v) is 6.34. The van der Waals surface area contributed by atoms with E-state index in [1.165, 1.54) is 24.1 Å². The first-order valence-electron chi connectivity index (χ1n) is 8.55. The van der Waals surface area contributed by atoms with Gasteiger partial charge in [0.15, 0.2) is 29.0 Å². The fourth-order valence-electron chi connectivity index (χ4n) is 3.15. The molecule has 0 N–H and O–H groups in total. The molecule has 1 heterocycles. The van der Waals surface area contributed by atoms with Gasteiger partial charge in [0.25, 0.3) is 5.91 Å². The van der Waals surface area contributed by atoms with Crippen molar-refractivity contribution in [2.45, 2.75) is 0 Å². The van der Waals surface area contributed by atoms with E-state index in [-0.39, 0.29) is 37.5 Å². The first-order valence-corrected chi connectivity index (χ1v) is 8.55. The van der Waals surface area contributed by atoms with Gasteiger partial charge in [0.1, 0.15) is 5.69 Å². The van der Waals surface area contributed by atoms with Gasteiger partial charge in [0.2, 0.25) is 5.82 Å². The molecule has 1 amide bonds. The fraction of sp³-hybridized carbons (Fsp3) is 0.278. The van der Waals surface area contributed by atoms with E-state index in [0.29, 0.717) is 0 Å². The molecule has 160 valence electrons. The Hall–Kier alpha value is -3.44. The molecule has 0 aliphatic carbocycles. The van der Waals surface area contributed by atoms with Gasteiger partial charge in [0, 0.05) is 37.8 Å². The van der Waals surface area contributed by atoms with Gasteiger partial charge in [-0.05, 0) is 12.1 Å². The van der Waals surface area contributed by atoms with Crippen molar-refractivity contribution in [1.82, 2.24) is 4.90 Å². The number of carbonyl (C=O) groups excluding carboxylic acids is 1. The molecule has 1 aliphatic rings. The molecule has 2 aromatic carbocycles. The number of benzene rings is 2. The van der Waals surface area contributed by atoms with E-state index in [1.54, 1.807) is 0 Å². The van der Waals surface area contributed by atoms with Gasteiger partial charge in [0.05, 0.1) is 12.0 Å². The van der Waals surface area contributed by atoms with Gasteiger partial charge in [-0.1, -0.05) is 0 Å². The minimum atomic E-state index is -2.25. The third-order valence-electron chi connectivity index (χ3n) is 4.69. The number of rotatable bonds is 4. The van der Waals surface area contributed by atoms with E-state index >= 15 is 0 Å². The highest BCUT2D eigenvalue weighted by molar-refractivity contribution is 5.95. The number of amides is 1. The summed E-state index contributed by atoms with van der Waals surface area (Å²) in [6.45, 7) is -0.610. The number of nitrogens with zero attached hydrogens (tertiary/aromatic N) is 3. The SMILES string of the molecule is COc1ccc(C(=O)N2CCN(c3c(F)c(F)c(F)c(F)c3F)CC2)cc1[N+](=O)[O-]. The zero-order chi connectivity index (χ0) is 22.2. The van der Waals surface area contributed by atoms with Crippen LogP contribution in [0.1, 0.15) is 10.4 Å². The molecule has 7 nitrogen and oxygen atoms in total. The lowest BCUT2D eigenvalue weighted by Crippen LogP contribution is -2.49. The maximum absolute atomic E-state index is 14.0. The lowest BCUT2D eigenvalue weighted by atomic mass is 10.1. The Morgan fingerprint density at radius 2 is 1.50 bits per heavy atom.